The lowest BCUT2D eigenvalue weighted by molar-refractivity contribution is -0.137. The first kappa shape index (κ1) is 21.4. The minimum absolute atomic E-state index is 0. The first-order valence-corrected chi connectivity index (χ1v) is 8.66. The van der Waals surface area contributed by atoms with Gasteiger partial charge in [-0.05, 0) is 11.6 Å². The summed E-state index contributed by atoms with van der Waals surface area (Å²) in [4.78, 5) is 6.44. The highest BCUT2D eigenvalue weighted by molar-refractivity contribution is 14.0. The number of rotatable bonds is 3. The molecular weight excluding hydrogens is 450 g/mol. The maximum atomic E-state index is 12.9. The number of nitrogens with two attached hydrogens (primary N) is 1. The van der Waals surface area contributed by atoms with Gasteiger partial charge in [-0.2, -0.15) is 24.9 Å². The largest absolute Gasteiger partial charge is 0.416 e. The summed E-state index contributed by atoms with van der Waals surface area (Å²) in [5.74, 6) is 2.52. The van der Waals surface area contributed by atoms with Crippen LogP contribution < -0.4 is 5.73 Å². The van der Waals surface area contributed by atoms with Gasteiger partial charge in [0.25, 0.3) is 0 Å². The number of alkyl halides is 3. The van der Waals surface area contributed by atoms with Gasteiger partial charge in [0.15, 0.2) is 5.96 Å². The smallest absolute Gasteiger partial charge is 0.370 e. The van der Waals surface area contributed by atoms with Crippen molar-refractivity contribution in [1.82, 2.24) is 4.90 Å². The minimum Gasteiger partial charge on any atom is -0.370 e. The zero-order valence-corrected chi connectivity index (χ0v) is 16.9. The lowest BCUT2D eigenvalue weighted by atomic mass is 9.84. The Morgan fingerprint density at radius 1 is 1.21 bits per heavy atom. The van der Waals surface area contributed by atoms with Crippen molar-refractivity contribution in [2.75, 3.05) is 31.1 Å². The highest BCUT2D eigenvalue weighted by atomic mass is 127. The standard InChI is InChI=1S/C16H22F3N3S.HI/c1-15(2,11-21-14(20)22-6-8-23-9-7-22)12-4-3-5-13(10-12)16(17,18)19;/h3-5,10H,6-9,11H2,1-2H3,(H2,20,21);1H. The molecule has 1 aromatic rings. The zero-order valence-electron chi connectivity index (χ0n) is 13.8. The molecule has 0 atom stereocenters. The van der Waals surface area contributed by atoms with Crippen molar-refractivity contribution in [2.45, 2.75) is 25.4 Å². The molecule has 2 N–H and O–H groups in total. The molecule has 0 aliphatic carbocycles. The molecule has 3 nitrogen and oxygen atoms in total. The van der Waals surface area contributed by atoms with E-state index >= 15 is 0 Å². The van der Waals surface area contributed by atoms with Crippen molar-refractivity contribution in [3.8, 4) is 0 Å². The first-order valence-electron chi connectivity index (χ1n) is 7.50. The average Bonchev–Trinajstić information content (AvgIpc) is 2.53. The number of aliphatic imine (C=N–C) groups is 1. The zero-order chi connectivity index (χ0) is 17.1. The fourth-order valence-electron chi connectivity index (χ4n) is 2.38. The van der Waals surface area contributed by atoms with Crippen LogP contribution in [0, 0.1) is 0 Å². The predicted octanol–water partition coefficient (Wildman–Crippen LogP) is 3.96. The van der Waals surface area contributed by atoms with E-state index in [2.05, 4.69) is 4.99 Å². The van der Waals surface area contributed by atoms with E-state index in [0.29, 0.717) is 18.1 Å². The van der Waals surface area contributed by atoms with Gasteiger partial charge in [-0.1, -0.05) is 32.0 Å². The molecule has 1 saturated heterocycles. The van der Waals surface area contributed by atoms with Gasteiger partial charge in [0.2, 0.25) is 0 Å². The second kappa shape index (κ2) is 8.64. The maximum Gasteiger partial charge on any atom is 0.416 e. The fraction of sp³-hybridized carbons (Fsp3) is 0.562. The van der Waals surface area contributed by atoms with Crippen molar-refractivity contribution >= 4 is 41.7 Å². The van der Waals surface area contributed by atoms with Gasteiger partial charge in [-0.15, -0.1) is 24.0 Å². The van der Waals surface area contributed by atoms with Gasteiger partial charge < -0.3 is 10.6 Å². The van der Waals surface area contributed by atoms with Crippen LogP contribution in [0.25, 0.3) is 0 Å². The van der Waals surface area contributed by atoms with Crippen molar-refractivity contribution in [2.24, 2.45) is 10.7 Å². The molecule has 0 bridgehead atoms. The average molecular weight is 473 g/mol. The van der Waals surface area contributed by atoms with Crippen LogP contribution in [0.3, 0.4) is 0 Å². The van der Waals surface area contributed by atoms with E-state index in [0.717, 1.165) is 30.7 Å². The Labute approximate surface area is 162 Å². The third-order valence-corrected chi connectivity index (χ3v) is 4.89. The van der Waals surface area contributed by atoms with E-state index in [1.54, 1.807) is 6.07 Å². The lowest BCUT2D eigenvalue weighted by Crippen LogP contribution is -2.43. The molecule has 136 valence electrons. The van der Waals surface area contributed by atoms with Gasteiger partial charge in [-0.25, -0.2) is 0 Å². The fourth-order valence-corrected chi connectivity index (χ4v) is 3.28. The molecule has 1 heterocycles. The third kappa shape index (κ3) is 5.72. The second-order valence-corrected chi connectivity index (χ2v) is 7.46. The molecule has 0 aromatic heterocycles. The van der Waals surface area contributed by atoms with Crippen LogP contribution in [-0.4, -0.2) is 42.0 Å². The topological polar surface area (TPSA) is 41.6 Å². The van der Waals surface area contributed by atoms with Crippen molar-refractivity contribution in [3.05, 3.63) is 35.4 Å². The summed E-state index contributed by atoms with van der Waals surface area (Å²) in [6.07, 6.45) is -4.33. The molecule has 0 radical (unpaired) electrons. The van der Waals surface area contributed by atoms with Crippen molar-refractivity contribution in [1.29, 1.82) is 0 Å². The molecule has 0 saturated carbocycles. The summed E-state index contributed by atoms with van der Waals surface area (Å²) in [7, 11) is 0. The van der Waals surface area contributed by atoms with E-state index in [1.807, 2.05) is 30.5 Å². The second-order valence-electron chi connectivity index (χ2n) is 6.24. The first-order chi connectivity index (χ1) is 10.7. The van der Waals surface area contributed by atoms with Crippen molar-refractivity contribution < 1.29 is 13.2 Å². The SMILES string of the molecule is CC(C)(CN=C(N)N1CCSCC1)c1cccc(C(F)(F)F)c1.I. The molecule has 1 fully saturated rings. The molecule has 1 aromatic carbocycles. The van der Waals surface area contributed by atoms with Crippen LogP contribution in [0.5, 0.6) is 0 Å². The minimum atomic E-state index is -4.33. The number of guanidine groups is 1. The molecule has 0 spiro atoms. The van der Waals surface area contributed by atoms with E-state index < -0.39 is 17.2 Å². The Kier molecular flexibility index (Phi) is 7.71. The predicted molar refractivity (Wildman–Crippen MR) is 105 cm³/mol. The molecule has 1 aliphatic heterocycles. The van der Waals surface area contributed by atoms with Gasteiger partial charge in [0.05, 0.1) is 12.1 Å². The summed E-state index contributed by atoms with van der Waals surface area (Å²) in [5, 5.41) is 0. The molecule has 24 heavy (non-hydrogen) atoms. The summed E-state index contributed by atoms with van der Waals surface area (Å²) < 4.78 is 38.6. The Bertz CT molecular complexity index is 570. The number of hydrogen-bond acceptors (Lipinski definition) is 2. The van der Waals surface area contributed by atoms with Crippen LogP contribution in [0.2, 0.25) is 0 Å². The summed E-state index contributed by atoms with van der Waals surface area (Å²) >= 11 is 1.88. The van der Waals surface area contributed by atoms with Crippen LogP contribution in [-0.2, 0) is 11.6 Å². The van der Waals surface area contributed by atoms with Crippen molar-refractivity contribution in [3.63, 3.8) is 0 Å². The number of halogens is 4. The Morgan fingerprint density at radius 3 is 2.38 bits per heavy atom. The Morgan fingerprint density at radius 2 is 1.79 bits per heavy atom. The van der Waals surface area contributed by atoms with Crippen LogP contribution in [0.1, 0.15) is 25.0 Å². The summed E-state index contributed by atoms with van der Waals surface area (Å²) in [6.45, 7) is 5.84. The van der Waals surface area contributed by atoms with Crippen LogP contribution in [0.4, 0.5) is 13.2 Å². The molecule has 8 heteroatoms. The van der Waals surface area contributed by atoms with Crippen LogP contribution in [0.15, 0.2) is 29.3 Å². The summed E-state index contributed by atoms with van der Waals surface area (Å²) in [6, 6.07) is 5.43. The molecule has 0 amide bonds. The van der Waals surface area contributed by atoms with E-state index in [1.165, 1.54) is 12.1 Å². The number of nitrogens with zero attached hydrogens (tertiary/aromatic N) is 2. The Hall–Kier alpha value is -0.640. The third-order valence-electron chi connectivity index (χ3n) is 3.94. The number of benzene rings is 1. The molecular formula is C16H23F3IN3S. The molecule has 2 rings (SSSR count). The lowest BCUT2D eigenvalue weighted by Gasteiger charge is -2.29. The van der Waals surface area contributed by atoms with Gasteiger partial charge in [0.1, 0.15) is 0 Å². The van der Waals surface area contributed by atoms with Gasteiger partial charge >= 0.3 is 6.18 Å². The normalized spacial score (nSPS) is 16.7. The van der Waals surface area contributed by atoms with E-state index in [4.69, 9.17) is 5.73 Å². The van der Waals surface area contributed by atoms with E-state index in [-0.39, 0.29) is 24.0 Å². The van der Waals surface area contributed by atoms with Crippen LogP contribution >= 0.6 is 35.7 Å². The Balaban J connectivity index is 0.00000288. The summed E-state index contributed by atoms with van der Waals surface area (Å²) in [5.41, 5.74) is 5.48. The quantitative estimate of drug-likeness (QED) is 0.411. The monoisotopic (exact) mass is 473 g/mol. The number of thioether (sulfide) groups is 1. The highest BCUT2D eigenvalue weighted by Crippen LogP contribution is 2.32. The highest BCUT2D eigenvalue weighted by Gasteiger charge is 2.32. The maximum absolute atomic E-state index is 12.9. The van der Waals surface area contributed by atoms with E-state index in [9.17, 15) is 13.2 Å². The van der Waals surface area contributed by atoms with Gasteiger partial charge in [-0.3, -0.25) is 4.99 Å². The van der Waals surface area contributed by atoms with Gasteiger partial charge in [0, 0.05) is 30.0 Å². The number of hydrogen-bond donors (Lipinski definition) is 1. The molecule has 0 unspecified atom stereocenters. The molecule has 1 aliphatic rings.